The lowest BCUT2D eigenvalue weighted by Crippen LogP contribution is -2.51. The molecule has 2 heterocycles. The Kier molecular flexibility index (Phi) is 7.33. The van der Waals surface area contributed by atoms with Crippen LogP contribution in [0.15, 0.2) is 23.2 Å². The smallest absolute Gasteiger partial charge is 0.191 e. The first-order chi connectivity index (χ1) is 14.8. The Balaban J connectivity index is 1.31. The fraction of sp³-hybridized carbons (Fsp3) is 0.696. The highest BCUT2D eigenvalue weighted by Crippen LogP contribution is 2.34. The number of fused-ring (bicyclic) bond motifs is 1. The summed E-state index contributed by atoms with van der Waals surface area (Å²) in [5.41, 5.74) is 1.08. The van der Waals surface area contributed by atoms with Crippen molar-refractivity contribution in [3.8, 4) is 11.5 Å². The molecule has 0 amide bonds. The van der Waals surface area contributed by atoms with Gasteiger partial charge in [-0.25, -0.2) is 0 Å². The lowest BCUT2D eigenvalue weighted by Gasteiger charge is -2.35. The number of ether oxygens (including phenoxy) is 3. The Morgan fingerprint density at radius 3 is 2.87 bits per heavy atom. The zero-order valence-electron chi connectivity index (χ0n) is 18.4. The van der Waals surface area contributed by atoms with E-state index in [-0.39, 0.29) is 12.2 Å². The van der Waals surface area contributed by atoms with Crippen molar-refractivity contribution in [2.24, 2.45) is 4.99 Å². The van der Waals surface area contributed by atoms with Gasteiger partial charge in [-0.15, -0.1) is 0 Å². The molecule has 3 aliphatic rings. The van der Waals surface area contributed by atoms with Crippen molar-refractivity contribution in [2.45, 2.75) is 63.3 Å². The molecule has 0 aromatic heterocycles. The van der Waals surface area contributed by atoms with Crippen molar-refractivity contribution in [1.29, 1.82) is 0 Å². The molecular formula is C23H36N4O3. The molecule has 0 radical (unpaired) electrons. The molecule has 3 fully saturated rings. The molecule has 1 aliphatic carbocycles. The zero-order valence-corrected chi connectivity index (χ0v) is 18.4. The number of hydrogen-bond acceptors (Lipinski definition) is 5. The second-order valence-electron chi connectivity index (χ2n) is 8.53. The van der Waals surface area contributed by atoms with Crippen molar-refractivity contribution in [2.75, 3.05) is 40.4 Å². The molecule has 1 saturated carbocycles. The molecule has 0 bridgehead atoms. The van der Waals surface area contributed by atoms with Crippen LogP contribution in [-0.2, 0) is 11.3 Å². The number of nitrogens with zero attached hydrogens (tertiary/aromatic N) is 2. The number of morpholine rings is 1. The highest BCUT2D eigenvalue weighted by atomic mass is 16.5. The number of benzene rings is 1. The van der Waals surface area contributed by atoms with E-state index in [9.17, 15) is 0 Å². The van der Waals surface area contributed by atoms with Crippen LogP contribution in [0.2, 0.25) is 0 Å². The monoisotopic (exact) mass is 416 g/mol. The molecule has 2 atom stereocenters. The Morgan fingerprint density at radius 1 is 1.20 bits per heavy atom. The SMILES string of the molecule is CN=C(NCc1cccc(OC)c1OC1CCCC1)NCC1CN2CCCC2CO1. The van der Waals surface area contributed by atoms with Crippen LogP contribution in [0, 0.1) is 0 Å². The molecule has 1 aromatic rings. The van der Waals surface area contributed by atoms with Crippen molar-refractivity contribution in [3.05, 3.63) is 23.8 Å². The predicted molar refractivity (Wildman–Crippen MR) is 118 cm³/mol. The summed E-state index contributed by atoms with van der Waals surface area (Å²) in [7, 11) is 3.50. The third kappa shape index (κ3) is 5.19. The van der Waals surface area contributed by atoms with Gasteiger partial charge in [0.2, 0.25) is 0 Å². The predicted octanol–water partition coefficient (Wildman–Crippen LogP) is 2.54. The molecule has 7 heteroatoms. The van der Waals surface area contributed by atoms with Gasteiger partial charge in [-0.2, -0.15) is 0 Å². The number of guanidine groups is 1. The summed E-state index contributed by atoms with van der Waals surface area (Å²) in [5.74, 6) is 2.42. The summed E-state index contributed by atoms with van der Waals surface area (Å²) < 4.78 is 18.0. The van der Waals surface area contributed by atoms with Crippen LogP contribution in [0.3, 0.4) is 0 Å². The molecule has 1 aromatic carbocycles. The molecule has 2 N–H and O–H groups in total. The number of nitrogens with one attached hydrogen (secondary N) is 2. The Bertz CT molecular complexity index is 720. The van der Waals surface area contributed by atoms with E-state index in [2.05, 4.69) is 26.6 Å². The Labute approximate surface area is 180 Å². The second-order valence-corrected chi connectivity index (χ2v) is 8.53. The summed E-state index contributed by atoms with van der Waals surface area (Å²) in [6.45, 7) is 4.44. The fourth-order valence-corrected chi connectivity index (χ4v) is 4.79. The summed E-state index contributed by atoms with van der Waals surface area (Å²) in [4.78, 5) is 6.95. The van der Waals surface area contributed by atoms with Gasteiger partial charge in [-0.05, 0) is 51.1 Å². The topological polar surface area (TPSA) is 67.4 Å². The van der Waals surface area contributed by atoms with E-state index >= 15 is 0 Å². The maximum absolute atomic E-state index is 6.34. The van der Waals surface area contributed by atoms with Gasteiger partial charge in [0.15, 0.2) is 17.5 Å². The quantitative estimate of drug-likeness (QED) is 0.526. The molecule has 7 nitrogen and oxygen atoms in total. The van der Waals surface area contributed by atoms with Crippen LogP contribution in [-0.4, -0.2) is 69.5 Å². The number of methoxy groups -OCH3 is 1. The van der Waals surface area contributed by atoms with Gasteiger partial charge in [0.1, 0.15) is 0 Å². The summed E-state index contributed by atoms with van der Waals surface area (Å²) in [5, 5.41) is 6.85. The lowest BCUT2D eigenvalue weighted by atomic mass is 10.1. The van der Waals surface area contributed by atoms with Crippen LogP contribution in [0.5, 0.6) is 11.5 Å². The van der Waals surface area contributed by atoms with E-state index in [1.807, 2.05) is 12.1 Å². The van der Waals surface area contributed by atoms with E-state index in [1.165, 1.54) is 32.2 Å². The van der Waals surface area contributed by atoms with Crippen LogP contribution in [0.25, 0.3) is 0 Å². The summed E-state index contributed by atoms with van der Waals surface area (Å²) >= 11 is 0. The Morgan fingerprint density at radius 2 is 2.07 bits per heavy atom. The van der Waals surface area contributed by atoms with E-state index in [0.29, 0.717) is 12.6 Å². The fourth-order valence-electron chi connectivity index (χ4n) is 4.79. The van der Waals surface area contributed by atoms with Gasteiger partial charge in [0.25, 0.3) is 0 Å². The van der Waals surface area contributed by atoms with Crippen molar-refractivity contribution < 1.29 is 14.2 Å². The van der Waals surface area contributed by atoms with Crippen LogP contribution < -0.4 is 20.1 Å². The average molecular weight is 417 g/mol. The lowest BCUT2D eigenvalue weighted by molar-refractivity contribution is -0.0453. The van der Waals surface area contributed by atoms with Crippen molar-refractivity contribution >= 4 is 5.96 Å². The minimum atomic E-state index is 0.205. The number of rotatable bonds is 7. The highest BCUT2D eigenvalue weighted by molar-refractivity contribution is 5.79. The normalized spacial score (nSPS) is 25.2. The molecule has 166 valence electrons. The van der Waals surface area contributed by atoms with E-state index in [0.717, 1.165) is 55.6 Å². The summed E-state index contributed by atoms with van der Waals surface area (Å²) in [6, 6.07) is 6.69. The maximum atomic E-state index is 6.34. The molecule has 4 rings (SSSR count). The minimum Gasteiger partial charge on any atom is -0.493 e. The van der Waals surface area contributed by atoms with Gasteiger partial charge in [0, 0.05) is 38.3 Å². The van der Waals surface area contributed by atoms with Gasteiger partial charge in [0.05, 0.1) is 25.9 Å². The molecule has 2 saturated heterocycles. The first-order valence-corrected chi connectivity index (χ1v) is 11.4. The number of aliphatic imine (C=N–C) groups is 1. The largest absolute Gasteiger partial charge is 0.493 e. The van der Waals surface area contributed by atoms with Crippen LogP contribution >= 0.6 is 0 Å². The minimum absolute atomic E-state index is 0.205. The second kappa shape index (κ2) is 10.4. The van der Waals surface area contributed by atoms with Crippen LogP contribution in [0.1, 0.15) is 44.1 Å². The molecule has 2 aliphatic heterocycles. The van der Waals surface area contributed by atoms with E-state index in [4.69, 9.17) is 14.2 Å². The first-order valence-electron chi connectivity index (χ1n) is 11.4. The third-order valence-electron chi connectivity index (χ3n) is 6.50. The highest BCUT2D eigenvalue weighted by Gasteiger charge is 2.32. The first kappa shape index (κ1) is 21.2. The van der Waals surface area contributed by atoms with Crippen LogP contribution in [0.4, 0.5) is 0 Å². The zero-order chi connectivity index (χ0) is 20.8. The van der Waals surface area contributed by atoms with Crippen molar-refractivity contribution in [3.63, 3.8) is 0 Å². The van der Waals surface area contributed by atoms with E-state index < -0.39 is 0 Å². The average Bonchev–Trinajstić information content (AvgIpc) is 3.46. The molecule has 2 unspecified atom stereocenters. The molecular weight excluding hydrogens is 380 g/mol. The third-order valence-corrected chi connectivity index (χ3v) is 6.50. The van der Waals surface area contributed by atoms with Crippen molar-refractivity contribution in [1.82, 2.24) is 15.5 Å². The molecule has 30 heavy (non-hydrogen) atoms. The van der Waals surface area contributed by atoms with Gasteiger partial charge in [-0.1, -0.05) is 12.1 Å². The Hall–Kier alpha value is -1.99. The van der Waals surface area contributed by atoms with E-state index in [1.54, 1.807) is 14.2 Å². The standard InChI is InChI=1S/C23H36N4O3/c1-24-23(26-14-20-15-27-12-6-8-18(27)16-29-20)25-13-17-7-5-11-21(28-2)22(17)30-19-9-3-4-10-19/h5,7,11,18-20H,3-4,6,8-10,12-16H2,1-2H3,(H2,24,25,26). The maximum Gasteiger partial charge on any atom is 0.191 e. The van der Waals surface area contributed by atoms with Gasteiger partial charge >= 0.3 is 0 Å². The molecule has 0 spiro atoms. The van der Waals surface area contributed by atoms with Gasteiger partial charge < -0.3 is 24.8 Å². The number of hydrogen-bond donors (Lipinski definition) is 2. The van der Waals surface area contributed by atoms with Gasteiger partial charge in [-0.3, -0.25) is 9.89 Å². The number of para-hydroxylation sites is 1. The summed E-state index contributed by atoms with van der Waals surface area (Å²) in [6.07, 6.45) is 7.78.